The Labute approximate surface area is 103 Å². The lowest BCUT2D eigenvalue weighted by Gasteiger charge is -2.21. The molecule has 0 aromatic carbocycles. The molecule has 4 heteroatoms. The van der Waals surface area contributed by atoms with Gasteiger partial charge >= 0.3 is 0 Å². The van der Waals surface area contributed by atoms with Gasteiger partial charge in [-0.25, -0.2) is 0 Å². The lowest BCUT2D eigenvalue weighted by atomic mass is 10.1. The predicted molar refractivity (Wildman–Crippen MR) is 72.0 cm³/mol. The van der Waals surface area contributed by atoms with Gasteiger partial charge in [0.05, 0.1) is 5.69 Å². The van der Waals surface area contributed by atoms with Crippen LogP contribution >= 0.6 is 11.8 Å². The molecule has 0 aliphatic carbocycles. The summed E-state index contributed by atoms with van der Waals surface area (Å²) in [5, 5.41) is 8.05. The Morgan fingerprint density at radius 1 is 1.56 bits per heavy atom. The van der Waals surface area contributed by atoms with Crippen molar-refractivity contribution in [1.82, 2.24) is 15.1 Å². The topological polar surface area (TPSA) is 29.9 Å². The number of thioether (sulfide) groups is 1. The van der Waals surface area contributed by atoms with E-state index in [9.17, 15) is 0 Å². The van der Waals surface area contributed by atoms with E-state index >= 15 is 0 Å². The molecule has 16 heavy (non-hydrogen) atoms. The molecule has 2 atom stereocenters. The van der Waals surface area contributed by atoms with Crippen LogP contribution in [0.4, 0.5) is 0 Å². The molecule has 3 nitrogen and oxygen atoms in total. The summed E-state index contributed by atoms with van der Waals surface area (Å²) < 4.78 is 1.89. The van der Waals surface area contributed by atoms with Crippen molar-refractivity contribution in [3.63, 3.8) is 0 Å². The first-order valence-electron chi connectivity index (χ1n) is 5.83. The molecular formula is C12H23N3S. The minimum atomic E-state index is 0.380. The Balaban J connectivity index is 2.63. The van der Waals surface area contributed by atoms with Crippen molar-refractivity contribution in [3.05, 3.63) is 17.5 Å². The van der Waals surface area contributed by atoms with Crippen molar-refractivity contribution >= 4 is 11.8 Å². The number of rotatable bonds is 6. The predicted octanol–water partition coefficient (Wildman–Crippen LogP) is 2.52. The van der Waals surface area contributed by atoms with Gasteiger partial charge in [0, 0.05) is 36.6 Å². The summed E-state index contributed by atoms with van der Waals surface area (Å²) in [7, 11) is 1.97. The first kappa shape index (κ1) is 13.6. The molecule has 1 aromatic rings. The van der Waals surface area contributed by atoms with Gasteiger partial charge in [-0.2, -0.15) is 16.9 Å². The SMILES string of the molecule is CCC(CSC)NC(C)c1cn(C)nc1C. The average Bonchev–Trinajstić information content (AvgIpc) is 2.57. The van der Waals surface area contributed by atoms with Gasteiger partial charge in [0.1, 0.15) is 0 Å². The van der Waals surface area contributed by atoms with Crippen LogP contribution in [0.25, 0.3) is 0 Å². The zero-order valence-corrected chi connectivity index (χ0v) is 11.8. The number of aryl methyl sites for hydroxylation is 2. The maximum atomic E-state index is 4.38. The van der Waals surface area contributed by atoms with Crippen LogP contribution in [0.1, 0.15) is 37.6 Å². The second kappa shape index (κ2) is 6.30. The van der Waals surface area contributed by atoms with Crippen molar-refractivity contribution in [2.75, 3.05) is 12.0 Å². The second-order valence-corrected chi connectivity index (χ2v) is 5.20. The molecule has 1 rings (SSSR count). The minimum Gasteiger partial charge on any atom is -0.307 e. The van der Waals surface area contributed by atoms with E-state index in [0.717, 1.165) is 5.69 Å². The Morgan fingerprint density at radius 3 is 2.69 bits per heavy atom. The van der Waals surface area contributed by atoms with Gasteiger partial charge < -0.3 is 5.32 Å². The molecule has 1 heterocycles. The highest BCUT2D eigenvalue weighted by Gasteiger charge is 2.15. The van der Waals surface area contributed by atoms with Crippen molar-refractivity contribution in [2.45, 2.75) is 39.3 Å². The van der Waals surface area contributed by atoms with Crippen LogP contribution in [0.3, 0.4) is 0 Å². The number of hydrogen-bond donors (Lipinski definition) is 1. The molecule has 0 bridgehead atoms. The summed E-state index contributed by atoms with van der Waals surface area (Å²) in [6.45, 7) is 6.52. The average molecular weight is 241 g/mol. The third-order valence-electron chi connectivity index (χ3n) is 2.86. The lowest BCUT2D eigenvalue weighted by molar-refractivity contribution is 0.473. The van der Waals surface area contributed by atoms with Crippen LogP contribution in [-0.4, -0.2) is 27.8 Å². The highest BCUT2D eigenvalue weighted by atomic mass is 32.2. The summed E-state index contributed by atoms with van der Waals surface area (Å²) in [6.07, 6.45) is 5.44. The highest BCUT2D eigenvalue weighted by molar-refractivity contribution is 7.98. The zero-order valence-electron chi connectivity index (χ0n) is 10.9. The van der Waals surface area contributed by atoms with Gasteiger partial charge in [-0.15, -0.1) is 0 Å². The summed E-state index contributed by atoms with van der Waals surface area (Å²) in [5.41, 5.74) is 2.43. The normalized spacial score (nSPS) is 15.1. The maximum absolute atomic E-state index is 4.38. The number of aromatic nitrogens is 2. The minimum absolute atomic E-state index is 0.380. The number of nitrogens with zero attached hydrogens (tertiary/aromatic N) is 2. The number of hydrogen-bond acceptors (Lipinski definition) is 3. The van der Waals surface area contributed by atoms with E-state index in [4.69, 9.17) is 0 Å². The van der Waals surface area contributed by atoms with Gasteiger partial charge in [0.15, 0.2) is 0 Å². The molecule has 0 spiro atoms. The molecule has 2 unspecified atom stereocenters. The molecular weight excluding hydrogens is 218 g/mol. The molecule has 92 valence electrons. The fraction of sp³-hybridized carbons (Fsp3) is 0.750. The standard InChI is InChI=1S/C12H23N3S/c1-6-11(8-16-5)13-9(2)12-7-15(4)14-10(12)3/h7,9,11,13H,6,8H2,1-5H3. The van der Waals surface area contributed by atoms with E-state index < -0.39 is 0 Å². The monoisotopic (exact) mass is 241 g/mol. The molecule has 1 aromatic heterocycles. The van der Waals surface area contributed by atoms with Gasteiger partial charge in [0.2, 0.25) is 0 Å². The molecule has 0 aliphatic heterocycles. The zero-order chi connectivity index (χ0) is 12.1. The Morgan fingerprint density at radius 2 is 2.25 bits per heavy atom. The second-order valence-electron chi connectivity index (χ2n) is 4.29. The summed E-state index contributed by atoms with van der Waals surface area (Å²) in [5.74, 6) is 1.17. The highest BCUT2D eigenvalue weighted by Crippen LogP contribution is 2.17. The third-order valence-corrected chi connectivity index (χ3v) is 3.60. The van der Waals surface area contributed by atoms with E-state index in [0.29, 0.717) is 12.1 Å². The van der Waals surface area contributed by atoms with Gasteiger partial charge in [-0.05, 0) is 26.5 Å². The first-order chi connectivity index (χ1) is 7.58. The van der Waals surface area contributed by atoms with Crippen LogP contribution in [-0.2, 0) is 7.05 Å². The van der Waals surface area contributed by atoms with Crippen molar-refractivity contribution in [1.29, 1.82) is 0 Å². The van der Waals surface area contributed by atoms with Crippen molar-refractivity contribution in [2.24, 2.45) is 7.05 Å². The van der Waals surface area contributed by atoms with Crippen LogP contribution in [0, 0.1) is 6.92 Å². The fourth-order valence-electron chi connectivity index (χ4n) is 1.97. The van der Waals surface area contributed by atoms with Gasteiger partial charge in [-0.1, -0.05) is 6.92 Å². The molecule has 1 N–H and O–H groups in total. The summed E-state index contributed by atoms with van der Waals surface area (Å²) in [4.78, 5) is 0. The van der Waals surface area contributed by atoms with Crippen LogP contribution < -0.4 is 5.32 Å². The largest absolute Gasteiger partial charge is 0.307 e. The van der Waals surface area contributed by atoms with E-state index in [1.807, 2.05) is 23.5 Å². The Bertz CT molecular complexity index is 322. The van der Waals surface area contributed by atoms with Crippen molar-refractivity contribution < 1.29 is 0 Å². The summed E-state index contributed by atoms with van der Waals surface area (Å²) in [6, 6.07) is 0.968. The Hall–Kier alpha value is -0.480. The molecule has 0 fully saturated rings. The quantitative estimate of drug-likeness (QED) is 0.830. The lowest BCUT2D eigenvalue weighted by Crippen LogP contribution is -2.33. The van der Waals surface area contributed by atoms with Gasteiger partial charge in [-0.3, -0.25) is 4.68 Å². The molecule has 0 amide bonds. The molecule has 0 saturated carbocycles. The molecule has 0 aliphatic rings. The van der Waals surface area contributed by atoms with Crippen LogP contribution in [0.2, 0.25) is 0 Å². The number of nitrogens with one attached hydrogen (secondary N) is 1. The van der Waals surface area contributed by atoms with Crippen LogP contribution in [0.5, 0.6) is 0 Å². The van der Waals surface area contributed by atoms with Crippen LogP contribution in [0.15, 0.2) is 6.20 Å². The maximum Gasteiger partial charge on any atom is 0.0641 e. The smallest absolute Gasteiger partial charge is 0.0641 e. The van der Waals surface area contributed by atoms with E-state index in [2.05, 4.69) is 43.6 Å². The van der Waals surface area contributed by atoms with E-state index in [1.165, 1.54) is 17.7 Å². The van der Waals surface area contributed by atoms with E-state index in [1.54, 1.807) is 0 Å². The Kier molecular flexibility index (Phi) is 5.35. The molecule has 0 saturated heterocycles. The van der Waals surface area contributed by atoms with Crippen molar-refractivity contribution in [3.8, 4) is 0 Å². The summed E-state index contributed by atoms with van der Waals surface area (Å²) >= 11 is 1.90. The first-order valence-corrected chi connectivity index (χ1v) is 7.23. The van der Waals surface area contributed by atoms with Gasteiger partial charge in [0.25, 0.3) is 0 Å². The third kappa shape index (κ3) is 3.52. The molecule has 0 radical (unpaired) electrons. The fourth-order valence-corrected chi connectivity index (χ4v) is 2.71. The van der Waals surface area contributed by atoms with E-state index in [-0.39, 0.29) is 0 Å².